The van der Waals surface area contributed by atoms with Gasteiger partial charge in [0, 0.05) is 10.8 Å². The highest BCUT2D eigenvalue weighted by Gasteiger charge is 2.24. The standard InChI is InChI=1S/C12H15N3S/c1-6-7(2)16-12-9(6)10(13)14-11(15-12)8-4-3-5-8/h8H,3-5H2,1-2H3,(H2,13,14,15). The van der Waals surface area contributed by atoms with Gasteiger partial charge in [-0.2, -0.15) is 0 Å². The smallest absolute Gasteiger partial charge is 0.136 e. The van der Waals surface area contributed by atoms with Crippen molar-refractivity contribution in [1.82, 2.24) is 9.97 Å². The number of rotatable bonds is 1. The lowest BCUT2D eigenvalue weighted by molar-refractivity contribution is 0.403. The number of aromatic nitrogens is 2. The fraction of sp³-hybridized carbons (Fsp3) is 0.500. The van der Waals surface area contributed by atoms with Gasteiger partial charge < -0.3 is 5.73 Å². The molecule has 84 valence electrons. The molecule has 0 unspecified atom stereocenters. The Bertz CT molecular complexity index is 555. The van der Waals surface area contributed by atoms with Crippen molar-refractivity contribution in [2.75, 3.05) is 5.73 Å². The lowest BCUT2D eigenvalue weighted by Crippen LogP contribution is -2.13. The van der Waals surface area contributed by atoms with E-state index in [2.05, 4.69) is 23.8 Å². The van der Waals surface area contributed by atoms with Crippen molar-refractivity contribution in [3.63, 3.8) is 0 Å². The van der Waals surface area contributed by atoms with Gasteiger partial charge in [-0.15, -0.1) is 11.3 Å². The van der Waals surface area contributed by atoms with E-state index in [9.17, 15) is 0 Å². The third-order valence-corrected chi connectivity index (χ3v) is 4.65. The maximum atomic E-state index is 6.04. The zero-order chi connectivity index (χ0) is 11.3. The van der Waals surface area contributed by atoms with E-state index in [0.29, 0.717) is 11.7 Å². The molecule has 0 radical (unpaired) electrons. The predicted molar refractivity (Wildman–Crippen MR) is 67.9 cm³/mol. The van der Waals surface area contributed by atoms with E-state index in [1.165, 1.54) is 29.7 Å². The maximum Gasteiger partial charge on any atom is 0.136 e. The molecule has 2 aromatic heterocycles. The van der Waals surface area contributed by atoms with Crippen molar-refractivity contribution in [2.45, 2.75) is 39.0 Å². The second-order valence-electron chi connectivity index (χ2n) is 4.56. The quantitative estimate of drug-likeness (QED) is 0.823. The largest absolute Gasteiger partial charge is 0.383 e. The third-order valence-electron chi connectivity index (χ3n) is 3.54. The molecular formula is C12H15N3S. The average Bonchev–Trinajstić information content (AvgIpc) is 2.39. The topological polar surface area (TPSA) is 51.8 Å². The zero-order valence-corrected chi connectivity index (χ0v) is 10.4. The van der Waals surface area contributed by atoms with E-state index in [0.717, 1.165) is 16.0 Å². The molecule has 3 nitrogen and oxygen atoms in total. The summed E-state index contributed by atoms with van der Waals surface area (Å²) in [6.07, 6.45) is 3.73. The van der Waals surface area contributed by atoms with Gasteiger partial charge in [0.1, 0.15) is 16.5 Å². The van der Waals surface area contributed by atoms with Gasteiger partial charge in [-0.25, -0.2) is 9.97 Å². The van der Waals surface area contributed by atoms with Crippen molar-refractivity contribution in [2.24, 2.45) is 0 Å². The van der Waals surface area contributed by atoms with Gasteiger partial charge >= 0.3 is 0 Å². The molecule has 0 saturated heterocycles. The second kappa shape index (κ2) is 3.42. The van der Waals surface area contributed by atoms with Crippen LogP contribution >= 0.6 is 11.3 Å². The molecule has 2 N–H and O–H groups in total. The fourth-order valence-electron chi connectivity index (χ4n) is 2.15. The number of hydrogen-bond acceptors (Lipinski definition) is 4. The number of nitrogen functional groups attached to an aromatic ring is 1. The fourth-order valence-corrected chi connectivity index (χ4v) is 3.19. The summed E-state index contributed by atoms with van der Waals surface area (Å²) < 4.78 is 0. The Balaban J connectivity index is 2.21. The summed E-state index contributed by atoms with van der Waals surface area (Å²) in [4.78, 5) is 11.5. The highest BCUT2D eigenvalue weighted by molar-refractivity contribution is 7.18. The Kier molecular flexibility index (Phi) is 2.14. The number of thiophene rings is 1. The number of nitrogens with two attached hydrogens (primary N) is 1. The first-order valence-electron chi connectivity index (χ1n) is 5.70. The Labute approximate surface area is 98.7 Å². The van der Waals surface area contributed by atoms with Crippen molar-refractivity contribution in [3.05, 3.63) is 16.3 Å². The molecule has 1 aliphatic rings. The maximum absolute atomic E-state index is 6.04. The third kappa shape index (κ3) is 1.33. The lowest BCUT2D eigenvalue weighted by atomic mass is 9.85. The van der Waals surface area contributed by atoms with E-state index in [1.54, 1.807) is 11.3 Å². The Morgan fingerprint density at radius 3 is 2.62 bits per heavy atom. The van der Waals surface area contributed by atoms with Crippen LogP contribution in [0.5, 0.6) is 0 Å². The van der Waals surface area contributed by atoms with E-state index in [1.807, 2.05) is 0 Å². The molecule has 0 aromatic carbocycles. The predicted octanol–water partition coefficient (Wildman–Crippen LogP) is 3.16. The molecule has 1 fully saturated rings. The molecule has 0 spiro atoms. The highest BCUT2D eigenvalue weighted by atomic mass is 32.1. The van der Waals surface area contributed by atoms with E-state index in [-0.39, 0.29) is 0 Å². The average molecular weight is 233 g/mol. The van der Waals surface area contributed by atoms with Gasteiger partial charge in [-0.05, 0) is 32.3 Å². The van der Waals surface area contributed by atoms with Crippen LogP contribution in [0.15, 0.2) is 0 Å². The van der Waals surface area contributed by atoms with E-state index >= 15 is 0 Å². The monoisotopic (exact) mass is 233 g/mol. The van der Waals surface area contributed by atoms with Crippen molar-refractivity contribution >= 4 is 27.4 Å². The molecule has 16 heavy (non-hydrogen) atoms. The van der Waals surface area contributed by atoms with Gasteiger partial charge in [-0.3, -0.25) is 0 Å². The first kappa shape index (κ1) is 10.0. The van der Waals surface area contributed by atoms with Crippen LogP contribution in [0.2, 0.25) is 0 Å². The molecule has 0 amide bonds. The van der Waals surface area contributed by atoms with Crippen LogP contribution < -0.4 is 5.73 Å². The second-order valence-corrected chi connectivity index (χ2v) is 5.76. The lowest BCUT2D eigenvalue weighted by Gasteiger charge is -2.23. The van der Waals surface area contributed by atoms with Gasteiger partial charge in [0.2, 0.25) is 0 Å². The van der Waals surface area contributed by atoms with Crippen LogP contribution in [0.3, 0.4) is 0 Å². The Hall–Kier alpha value is -1.16. The summed E-state index contributed by atoms with van der Waals surface area (Å²) in [6, 6.07) is 0. The van der Waals surface area contributed by atoms with Crippen LogP contribution in [-0.2, 0) is 0 Å². The molecule has 3 rings (SSSR count). The van der Waals surface area contributed by atoms with Gasteiger partial charge in [-0.1, -0.05) is 6.42 Å². The summed E-state index contributed by atoms with van der Waals surface area (Å²) in [7, 11) is 0. The molecule has 0 bridgehead atoms. The molecular weight excluding hydrogens is 218 g/mol. The normalized spacial score (nSPS) is 16.6. The van der Waals surface area contributed by atoms with Gasteiger partial charge in [0.05, 0.1) is 5.39 Å². The number of aryl methyl sites for hydroxylation is 2. The molecule has 1 saturated carbocycles. The summed E-state index contributed by atoms with van der Waals surface area (Å²) in [5.41, 5.74) is 7.28. The van der Waals surface area contributed by atoms with Crippen molar-refractivity contribution < 1.29 is 0 Å². The number of fused-ring (bicyclic) bond motifs is 1. The molecule has 0 atom stereocenters. The summed E-state index contributed by atoms with van der Waals surface area (Å²) in [6.45, 7) is 4.21. The first-order valence-corrected chi connectivity index (χ1v) is 6.51. The zero-order valence-electron chi connectivity index (χ0n) is 9.58. The Morgan fingerprint density at radius 2 is 2.00 bits per heavy atom. The van der Waals surface area contributed by atoms with Crippen LogP contribution in [0.25, 0.3) is 10.2 Å². The minimum Gasteiger partial charge on any atom is -0.383 e. The first-order chi connectivity index (χ1) is 7.66. The SMILES string of the molecule is Cc1sc2nc(C3CCC3)nc(N)c2c1C. The van der Waals surface area contributed by atoms with E-state index < -0.39 is 0 Å². The summed E-state index contributed by atoms with van der Waals surface area (Å²) in [5, 5.41) is 1.06. The van der Waals surface area contributed by atoms with Crippen LogP contribution in [0, 0.1) is 13.8 Å². The van der Waals surface area contributed by atoms with Crippen LogP contribution in [0.1, 0.15) is 41.4 Å². The number of hydrogen-bond donors (Lipinski definition) is 1. The van der Waals surface area contributed by atoms with Crippen molar-refractivity contribution in [1.29, 1.82) is 0 Å². The van der Waals surface area contributed by atoms with Crippen LogP contribution in [0.4, 0.5) is 5.82 Å². The van der Waals surface area contributed by atoms with Crippen LogP contribution in [-0.4, -0.2) is 9.97 Å². The highest BCUT2D eigenvalue weighted by Crippen LogP contribution is 2.38. The summed E-state index contributed by atoms with van der Waals surface area (Å²) >= 11 is 1.73. The Morgan fingerprint density at radius 1 is 1.25 bits per heavy atom. The molecule has 1 aliphatic carbocycles. The van der Waals surface area contributed by atoms with Crippen molar-refractivity contribution in [3.8, 4) is 0 Å². The van der Waals surface area contributed by atoms with E-state index in [4.69, 9.17) is 5.73 Å². The minimum atomic E-state index is 0.550. The van der Waals surface area contributed by atoms with Gasteiger partial charge in [0.25, 0.3) is 0 Å². The molecule has 2 aromatic rings. The van der Waals surface area contributed by atoms with Gasteiger partial charge in [0.15, 0.2) is 0 Å². The summed E-state index contributed by atoms with van der Waals surface area (Å²) in [5.74, 6) is 2.17. The molecule has 2 heterocycles. The molecule has 0 aliphatic heterocycles. The number of anilines is 1. The minimum absolute atomic E-state index is 0.550. The number of nitrogens with zero attached hydrogens (tertiary/aromatic N) is 2. The molecule has 4 heteroatoms.